The van der Waals surface area contributed by atoms with Gasteiger partial charge in [-0.2, -0.15) is 10.2 Å². The van der Waals surface area contributed by atoms with E-state index in [4.69, 9.17) is 24.3 Å². The van der Waals surface area contributed by atoms with Gasteiger partial charge in [0.1, 0.15) is 48.1 Å². The second-order valence-corrected chi connectivity index (χ2v) is 12.4. The summed E-state index contributed by atoms with van der Waals surface area (Å²) in [5.74, 6) is -0.151. The number of aliphatic hydroxyl groups excluding tert-OH is 2. The lowest BCUT2D eigenvalue weighted by atomic mass is 9.92. The second kappa shape index (κ2) is 13.1. The quantitative estimate of drug-likeness (QED) is 0.140. The molecule has 1 aliphatic heterocycles. The SMILES string of the molecule is C/N=C/[C@@]1(c2ccc3c(N)ncnn23)O[C@H](COP(=O)(N[C@@H](C)C(=O)OC2CCCCC2)Oc2ccccc2)[C@@H](O)[C@H]1O. The molecular weight excluding hydrogens is 579 g/mol. The molecule has 1 unspecified atom stereocenters. The molecule has 14 nitrogen and oxygen atoms in total. The number of nitrogens with two attached hydrogens (primary N) is 1. The number of hydrogen-bond acceptors (Lipinski definition) is 12. The Morgan fingerprint density at radius 2 is 2.00 bits per heavy atom. The number of anilines is 1. The van der Waals surface area contributed by atoms with Crippen LogP contribution in [0.4, 0.5) is 5.82 Å². The maximum absolute atomic E-state index is 14.0. The highest BCUT2D eigenvalue weighted by molar-refractivity contribution is 7.52. The van der Waals surface area contributed by atoms with Gasteiger partial charge in [-0.1, -0.05) is 24.6 Å². The van der Waals surface area contributed by atoms with Crippen molar-refractivity contribution in [3.05, 3.63) is 54.5 Å². The average molecular weight is 617 g/mol. The summed E-state index contributed by atoms with van der Waals surface area (Å²) in [7, 11) is -2.77. The molecule has 0 radical (unpaired) electrons. The van der Waals surface area contributed by atoms with Crippen LogP contribution in [-0.4, -0.2) is 81.1 Å². The molecule has 5 rings (SSSR count). The third-order valence-electron chi connectivity index (χ3n) is 7.61. The number of fused-ring (bicyclic) bond motifs is 1. The molecule has 5 N–H and O–H groups in total. The first-order valence-corrected chi connectivity index (χ1v) is 15.7. The zero-order valence-corrected chi connectivity index (χ0v) is 24.9. The minimum absolute atomic E-state index is 0.191. The maximum Gasteiger partial charge on any atom is 0.459 e. The van der Waals surface area contributed by atoms with E-state index in [9.17, 15) is 19.6 Å². The zero-order chi connectivity index (χ0) is 30.6. The molecule has 2 aliphatic rings. The van der Waals surface area contributed by atoms with Crippen LogP contribution in [0.3, 0.4) is 0 Å². The van der Waals surface area contributed by atoms with Gasteiger partial charge in [-0.05, 0) is 56.9 Å². The highest BCUT2D eigenvalue weighted by Gasteiger charge is 2.56. The van der Waals surface area contributed by atoms with Crippen molar-refractivity contribution < 1.29 is 38.1 Å². The van der Waals surface area contributed by atoms with Crippen molar-refractivity contribution >= 4 is 31.3 Å². The van der Waals surface area contributed by atoms with Crippen molar-refractivity contribution in [2.24, 2.45) is 4.99 Å². The largest absolute Gasteiger partial charge is 0.461 e. The van der Waals surface area contributed by atoms with E-state index in [1.165, 1.54) is 31.0 Å². The van der Waals surface area contributed by atoms with Gasteiger partial charge in [-0.25, -0.2) is 14.1 Å². The second-order valence-electron chi connectivity index (χ2n) is 10.7. The summed E-state index contributed by atoms with van der Waals surface area (Å²) in [6, 6.07) is 10.6. The maximum atomic E-state index is 14.0. The summed E-state index contributed by atoms with van der Waals surface area (Å²) in [5.41, 5.74) is 5.12. The van der Waals surface area contributed by atoms with Gasteiger partial charge in [0, 0.05) is 13.3 Å². The standard InChI is InChI=1S/C28H37N6O8P/c1-18(27(37)40-19-9-5-3-6-10-19)33-43(38,42-20-11-7-4-8-12-20)39-15-22-24(35)25(36)28(41-22,16-30-2)23-14-13-21-26(29)31-17-32-34(21)23/h4,7-8,11-14,16-19,22,24-25,35-36H,3,5-6,9-10,15H2,1-2H3,(H,33,38)(H2,29,31,32)/b30-16+/t18-,22+,24+,25+,28-,43?/m0/s1. The van der Waals surface area contributed by atoms with Gasteiger partial charge in [-0.15, -0.1) is 0 Å². The summed E-state index contributed by atoms with van der Waals surface area (Å²) in [6.45, 7) is 1.02. The van der Waals surface area contributed by atoms with Crippen molar-refractivity contribution in [3.8, 4) is 5.75 Å². The number of aliphatic hydroxyl groups is 2. The van der Waals surface area contributed by atoms with Gasteiger partial charge in [0.15, 0.2) is 11.4 Å². The number of ether oxygens (including phenoxy) is 2. The van der Waals surface area contributed by atoms with Crippen LogP contribution in [0.15, 0.2) is 53.8 Å². The minimum atomic E-state index is -4.27. The number of para-hydroxylation sites is 1. The number of carbonyl (C=O) groups is 1. The predicted octanol–water partition coefficient (Wildman–Crippen LogP) is 2.39. The lowest BCUT2D eigenvalue weighted by molar-refractivity contribution is -0.152. The molecule has 0 amide bonds. The van der Waals surface area contributed by atoms with Crippen molar-refractivity contribution in [2.45, 2.75) is 75.1 Å². The normalized spacial score (nSPS) is 26.8. The number of nitrogens with zero attached hydrogens (tertiary/aromatic N) is 4. The molecule has 3 aromatic rings. The summed E-state index contributed by atoms with van der Waals surface area (Å²) in [4.78, 5) is 20.9. The van der Waals surface area contributed by atoms with Crippen LogP contribution in [0.5, 0.6) is 5.75 Å². The summed E-state index contributed by atoms with van der Waals surface area (Å²) in [5, 5.41) is 29.2. The number of carbonyl (C=O) groups excluding carboxylic acids is 1. The van der Waals surface area contributed by atoms with Crippen LogP contribution >= 0.6 is 7.75 Å². The highest BCUT2D eigenvalue weighted by atomic mass is 31.2. The molecule has 43 heavy (non-hydrogen) atoms. The fourth-order valence-corrected chi connectivity index (χ4v) is 6.93. The van der Waals surface area contributed by atoms with E-state index in [2.05, 4.69) is 20.2 Å². The van der Waals surface area contributed by atoms with Crippen molar-refractivity contribution in [1.29, 1.82) is 0 Å². The van der Waals surface area contributed by atoms with Crippen LogP contribution in [-0.2, 0) is 29.0 Å². The third-order valence-corrected chi connectivity index (χ3v) is 9.25. The zero-order valence-electron chi connectivity index (χ0n) is 24.0. The molecule has 232 valence electrons. The molecule has 0 bridgehead atoms. The molecular formula is C28H37N6O8P. The molecule has 15 heteroatoms. The Morgan fingerprint density at radius 1 is 1.26 bits per heavy atom. The number of aromatic nitrogens is 3. The number of esters is 1. The number of aliphatic imine (C=N–C) groups is 1. The molecule has 0 spiro atoms. The number of rotatable bonds is 11. The molecule has 1 aliphatic carbocycles. The van der Waals surface area contributed by atoms with Crippen LogP contribution in [0, 0.1) is 0 Å². The van der Waals surface area contributed by atoms with E-state index < -0.39 is 50.3 Å². The number of nitrogens with one attached hydrogen (secondary N) is 1. The lowest BCUT2D eigenvalue weighted by Crippen LogP contribution is -2.43. The third kappa shape index (κ3) is 6.59. The fourth-order valence-electron chi connectivity index (χ4n) is 5.43. The van der Waals surface area contributed by atoms with Crippen LogP contribution < -0.4 is 15.3 Å². The lowest BCUT2D eigenvalue weighted by Gasteiger charge is -2.28. The molecule has 2 aromatic heterocycles. The number of benzene rings is 1. The van der Waals surface area contributed by atoms with E-state index in [1.54, 1.807) is 42.5 Å². The van der Waals surface area contributed by atoms with Crippen molar-refractivity contribution in [2.75, 3.05) is 19.4 Å². The van der Waals surface area contributed by atoms with E-state index in [1.807, 2.05) is 0 Å². The number of hydrogen-bond donors (Lipinski definition) is 4. The van der Waals surface area contributed by atoms with Gasteiger partial charge in [0.25, 0.3) is 0 Å². The van der Waals surface area contributed by atoms with Crippen LogP contribution in [0.25, 0.3) is 5.52 Å². The molecule has 6 atom stereocenters. The first-order chi connectivity index (χ1) is 20.7. The van der Waals surface area contributed by atoms with Crippen LogP contribution in [0.1, 0.15) is 44.7 Å². The van der Waals surface area contributed by atoms with Gasteiger partial charge >= 0.3 is 13.7 Å². The summed E-state index contributed by atoms with van der Waals surface area (Å²) in [6.07, 6.45) is 2.83. The summed E-state index contributed by atoms with van der Waals surface area (Å²) >= 11 is 0. The van der Waals surface area contributed by atoms with Gasteiger partial charge < -0.3 is 29.9 Å². The van der Waals surface area contributed by atoms with Crippen LogP contribution in [0.2, 0.25) is 0 Å². The molecule has 3 heterocycles. The minimum Gasteiger partial charge on any atom is -0.461 e. The van der Waals surface area contributed by atoms with E-state index >= 15 is 0 Å². The monoisotopic (exact) mass is 616 g/mol. The van der Waals surface area contributed by atoms with E-state index in [-0.39, 0.29) is 17.7 Å². The molecule has 1 aromatic carbocycles. The van der Waals surface area contributed by atoms with Crippen molar-refractivity contribution in [1.82, 2.24) is 19.7 Å². The summed E-state index contributed by atoms with van der Waals surface area (Å²) < 4.78 is 38.8. The Hall–Kier alpha value is -3.39. The first-order valence-electron chi connectivity index (χ1n) is 14.2. The Morgan fingerprint density at radius 3 is 2.72 bits per heavy atom. The Kier molecular flexibility index (Phi) is 9.45. The molecule has 2 fully saturated rings. The smallest absolute Gasteiger partial charge is 0.459 e. The molecule has 1 saturated heterocycles. The van der Waals surface area contributed by atoms with E-state index in [0.29, 0.717) is 11.2 Å². The number of nitrogen functional groups attached to an aromatic ring is 1. The Balaban J connectivity index is 1.36. The fraction of sp³-hybridized carbons (Fsp3) is 0.500. The van der Waals surface area contributed by atoms with Crippen molar-refractivity contribution in [3.63, 3.8) is 0 Å². The molecule has 1 saturated carbocycles. The van der Waals surface area contributed by atoms with Gasteiger partial charge in [0.2, 0.25) is 0 Å². The predicted molar refractivity (Wildman–Crippen MR) is 157 cm³/mol. The first kappa shape index (κ1) is 31.0. The van der Waals surface area contributed by atoms with Gasteiger partial charge in [-0.3, -0.25) is 14.3 Å². The Bertz CT molecular complexity index is 1480. The Labute approximate surface area is 248 Å². The highest BCUT2D eigenvalue weighted by Crippen LogP contribution is 2.47. The topological polar surface area (TPSA) is 192 Å². The average Bonchev–Trinajstić information content (AvgIpc) is 3.54. The van der Waals surface area contributed by atoms with Gasteiger partial charge in [0.05, 0.1) is 12.3 Å². The van der Waals surface area contributed by atoms with E-state index in [0.717, 1.165) is 32.1 Å².